The maximum atomic E-state index is 12.4. The molecule has 0 heterocycles. The molecule has 2 rings (SSSR count). The molecule has 0 N–H and O–H groups in total. The van der Waals surface area contributed by atoms with Crippen LogP contribution in [0, 0.1) is 0 Å². The van der Waals surface area contributed by atoms with Crippen LogP contribution in [0.25, 0.3) is 11.1 Å². The van der Waals surface area contributed by atoms with Crippen molar-refractivity contribution in [2.75, 3.05) is 20.8 Å². The average Bonchev–Trinajstić information content (AvgIpc) is 2.61. The Bertz CT molecular complexity index is 736. The Morgan fingerprint density at radius 3 is 2.33 bits per heavy atom. The first-order valence-corrected chi connectivity index (χ1v) is 7.61. The van der Waals surface area contributed by atoms with E-state index in [2.05, 4.69) is 0 Å². The number of benzene rings is 2. The van der Waals surface area contributed by atoms with Crippen molar-refractivity contribution < 1.29 is 23.8 Å². The highest BCUT2D eigenvalue weighted by Crippen LogP contribution is 2.33. The van der Waals surface area contributed by atoms with Crippen LogP contribution in [0.15, 0.2) is 42.5 Å². The third-order valence-corrected chi connectivity index (χ3v) is 3.53. The van der Waals surface area contributed by atoms with E-state index in [9.17, 15) is 9.59 Å². The van der Waals surface area contributed by atoms with Gasteiger partial charge in [-0.05, 0) is 30.2 Å². The Balaban J connectivity index is 2.38. The summed E-state index contributed by atoms with van der Waals surface area (Å²) >= 11 is 0. The first-order valence-electron chi connectivity index (χ1n) is 7.61. The van der Waals surface area contributed by atoms with Crippen LogP contribution >= 0.6 is 0 Å². The van der Waals surface area contributed by atoms with Gasteiger partial charge in [-0.15, -0.1) is 0 Å². The predicted octanol–water partition coefficient (Wildman–Crippen LogP) is 3.51. The lowest BCUT2D eigenvalue weighted by atomic mass is 9.95. The Morgan fingerprint density at radius 1 is 0.958 bits per heavy atom. The number of rotatable bonds is 7. The van der Waals surface area contributed by atoms with E-state index in [1.54, 1.807) is 45.4 Å². The summed E-state index contributed by atoms with van der Waals surface area (Å²) in [5, 5.41) is 0. The molecule has 0 unspecified atom stereocenters. The normalized spacial score (nSPS) is 10.1. The minimum absolute atomic E-state index is 0.253. The lowest BCUT2D eigenvalue weighted by Crippen LogP contribution is -2.12. The molecule has 0 fully saturated rings. The number of esters is 1. The molecule has 5 heteroatoms. The van der Waals surface area contributed by atoms with Crippen LogP contribution in [0.1, 0.15) is 23.7 Å². The summed E-state index contributed by atoms with van der Waals surface area (Å²) in [6.07, 6.45) is -0.280. The van der Waals surface area contributed by atoms with Gasteiger partial charge < -0.3 is 14.2 Å². The van der Waals surface area contributed by atoms with E-state index < -0.39 is 5.97 Å². The molecule has 5 nitrogen and oxygen atoms in total. The Labute approximate surface area is 141 Å². The molecule has 0 saturated carbocycles. The molecule has 0 radical (unpaired) electrons. The number of ketones is 1. The number of carbonyl (C=O) groups is 2. The summed E-state index contributed by atoms with van der Waals surface area (Å²) in [7, 11) is 3.12. The van der Waals surface area contributed by atoms with Crippen molar-refractivity contribution in [2.45, 2.75) is 13.3 Å². The summed E-state index contributed by atoms with van der Waals surface area (Å²) in [4.78, 5) is 24.0. The fourth-order valence-electron chi connectivity index (χ4n) is 2.42. The third-order valence-electron chi connectivity index (χ3n) is 3.53. The van der Waals surface area contributed by atoms with Gasteiger partial charge in [0, 0.05) is 5.56 Å². The van der Waals surface area contributed by atoms with Gasteiger partial charge in [-0.3, -0.25) is 9.59 Å². The second-order valence-electron chi connectivity index (χ2n) is 5.02. The standard InChI is InChI=1S/C19H20O5/c1-4-24-19(21)12-16(20)15-8-6-5-7-14(15)13-9-10-17(22-2)18(11-13)23-3/h5-11H,4,12H2,1-3H3. The molecule has 0 bridgehead atoms. The fourth-order valence-corrected chi connectivity index (χ4v) is 2.42. The van der Waals surface area contributed by atoms with Crippen LogP contribution in [-0.4, -0.2) is 32.6 Å². The Hall–Kier alpha value is -2.82. The second-order valence-corrected chi connectivity index (χ2v) is 5.02. The summed E-state index contributed by atoms with van der Waals surface area (Å²) in [6, 6.07) is 12.6. The van der Waals surface area contributed by atoms with E-state index in [4.69, 9.17) is 14.2 Å². The van der Waals surface area contributed by atoms with Crippen LogP contribution in [0.2, 0.25) is 0 Å². The molecule has 2 aromatic rings. The number of methoxy groups -OCH3 is 2. The largest absolute Gasteiger partial charge is 0.493 e. The summed E-state index contributed by atoms with van der Waals surface area (Å²) in [5.41, 5.74) is 2.01. The van der Waals surface area contributed by atoms with Crippen molar-refractivity contribution in [3.05, 3.63) is 48.0 Å². The summed E-state index contributed by atoms with van der Waals surface area (Å²) in [6.45, 7) is 1.96. The molecule has 126 valence electrons. The Kier molecular flexibility index (Phi) is 5.95. The van der Waals surface area contributed by atoms with Crippen LogP contribution in [0.5, 0.6) is 11.5 Å². The minimum atomic E-state index is -0.524. The monoisotopic (exact) mass is 328 g/mol. The van der Waals surface area contributed by atoms with Gasteiger partial charge in [0.25, 0.3) is 0 Å². The van der Waals surface area contributed by atoms with E-state index in [1.807, 2.05) is 18.2 Å². The van der Waals surface area contributed by atoms with E-state index >= 15 is 0 Å². The molecular weight excluding hydrogens is 308 g/mol. The number of Topliss-reactive ketones (excluding diaryl/α,β-unsaturated/α-hetero) is 1. The molecule has 2 aromatic carbocycles. The maximum absolute atomic E-state index is 12.4. The van der Waals surface area contributed by atoms with Crippen LogP contribution in [-0.2, 0) is 9.53 Å². The highest BCUT2D eigenvalue weighted by molar-refractivity contribution is 6.09. The highest BCUT2D eigenvalue weighted by Gasteiger charge is 2.17. The zero-order valence-corrected chi connectivity index (χ0v) is 14.0. The van der Waals surface area contributed by atoms with Crippen molar-refractivity contribution >= 4 is 11.8 Å². The van der Waals surface area contributed by atoms with E-state index in [-0.39, 0.29) is 18.8 Å². The highest BCUT2D eigenvalue weighted by atomic mass is 16.5. The summed E-state index contributed by atoms with van der Waals surface area (Å²) in [5.74, 6) is 0.377. The fraction of sp³-hybridized carbons (Fsp3) is 0.263. The SMILES string of the molecule is CCOC(=O)CC(=O)c1ccccc1-c1ccc(OC)c(OC)c1. The van der Waals surface area contributed by atoms with Gasteiger partial charge in [-0.2, -0.15) is 0 Å². The third kappa shape index (κ3) is 3.93. The van der Waals surface area contributed by atoms with Crippen molar-refractivity contribution in [1.29, 1.82) is 0 Å². The van der Waals surface area contributed by atoms with Gasteiger partial charge in [0.15, 0.2) is 17.3 Å². The lowest BCUT2D eigenvalue weighted by molar-refractivity contribution is -0.141. The van der Waals surface area contributed by atoms with Crippen molar-refractivity contribution in [3.63, 3.8) is 0 Å². The smallest absolute Gasteiger partial charge is 0.313 e. The van der Waals surface area contributed by atoms with Gasteiger partial charge in [0.2, 0.25) is 0 Å². The molecule has 0 amide bonds. The van der Waals surface area contributed by atoms with Crippen molar-refractivity contribution in [1.82, 2.24) is 0 Å². The van der Waals surface area contributed by atoms with Gasteiger partial charge in [0.1, 0.15) is 6.42 Å². The first-order chi connectivity index (χ1) is 11.6. The quantitative estimate of drug-likeness (QED) is 0.442. The zero-order valence-electron chi connectivity index (χ0n) is 14.0. The second kappa shape index (κ2) is 8.15. The number of hydrogen-bond donors (Lipinski definition) is 0. The molecule has 0 saturated heterocycles. The predicted molar refractivity (Wildman–Crippen MR) is 90.6 cm³/mol. The van der Waals surface area contributed by atoms with Crippen molar-refractivity contribution in [2.24, 2.45) is 0 Å². The zero-order chi connectivity index (χ0) is 17.5. The van der Waals surface area contributed by atoms with Gasteiger partial charge >= 0.3 is 5.97 Å². The average molecular weight is 328 g/mol. The summed E-state index contributed by atoms with van der Waals surface area (Å²) < 4.78 is 15.4. The molecule has 0 aromatic heterocycles. The van der Waals surface area contributed by atoms with Crippen LogP contribution in [0.3, 0.4) is 0 Å². The topological polar surface area (TPSA) is 61.8 Å². The lowest BCUT2D eigenvalue weighted by Gasteiger charge is -2.12. The number of ether oxygens (including phenoxy) is 3. The first kappa shape index (κ1) is 17.5. The molecular formula is C19H20O5. The molecule has 0 aliphatic heterocycles. The molecule has 0 spiro atoms. The van der Waals surface area contributed by atoms with E-state index in [1.165, 1.54) is 0 Å². The van der Waals surface area contributed by atoms with Gasteiger partial charge in [0.05, 0.1) is 20.8 Å². The molecule has 0 aliphatic carbocycles. The maximum Gasteiger partial charge on any atom is 0.313 e. The van der Waals surface area contributed by atoms with E-state index in [0.29, 0.717) is 17.1 Å². The van der Waals surface area contributed by atoms with Crippen LogP contribution in [0.4, 0.5) is 0 Å². The minimum Gasteiger partial charge on any atom is -0.493 e. The van der Waals surface area contributed by atoms with Gasteiger partial charge in [-0.1, -0.05) is 30.3 Å². The van der Waals surface area contributed by atoms with Gasteiger partial charge in [-0.25, -0.2) is 0 Å². The van der Waals surface area contributed by atoms with Crippen molar-refractivity contribution in [3.8, 4) is 22.6 Å². The number of carbonyl (C=O) groups excluding carboxylic acids is 2. The molecule has 0 atom stereocenters. The molecule has 0 aliphatic rings. The number of hydrogen-bond acceptors (Lipinski definition) is 5. The van der Waals surface area contributed by atoms with Crippen LogP contribution < -0.4 is 9.47 Å². The van der Waals surface area contributed by atoms with E-state index in [0.717, 1.165) is 11.1 Å². The molecule has 24 heavy (non-hydrogen) atoms. The Morgan fingerprint density at radius 2 is 1.67 bits per heavy atom.